The summed E-state index contributed by atoms with van der Waals surface area (Å²) in [4.78, 5) is 41.4. The molecule has 0 N–H and O–H groups in total. The molecule has 0 saturated heterocycles. The number of benzene rings is 1. The minimum Gasteiger partial charge on any atom is -0.281 e. The van der Waals surface area contributed by atoms with Gasteiger partial charge in [-0.25, -0.2) is 0 Å². The van der Waals surface area contributed by atoms with Crippen LogP contribution in [0.1, 0.15) is 46.4 Å². The summed E-state index contributed by atoms with van der Waals surface area (Å²) in [5.41, 5.74) is 0.691. The molecule has 0 bridgehead atoms. The summed E-state index contributed by atoms with van der Waals surface area (Å²) in [5.74, 6) is 0. The highest BCUT2D eigenvalue weighted by Crippen LogP contribution is 2.08. The fourth-order valence-corrected chi connectivity index (χ4v) is 1.78. The number of halogens is 4. The van der Waals surface area contributed by atoms with Crippen LogP contribution >= 0.6 is 46.4 Å². The Balaban J connectivity index is 0.000000409. The molecule has 0 spiro atoms. The Morgan fingerprint density at radius 3 is 1.09 bits per heavy atom. The van der Waals surface area contributed by atoms with Crippen LogP contribution in [-0.2, 0) is 9.59 Å². The molecule has 0 aliphatic heterocycles. The molecule has 0 amide bonds. The highest BCUT2D eigenvalue weighted by Gasteiger charge is 2.03. The summed E-state index contributed by atoms with van der Waals surface area (Å²) in [6.07, 6.45) is 1.93. The van der Waals surface area contributed by atoms with Crippen molar-refractivity contribution in [2.45, 2.75) is 25.7 Å². The van der Waals surface area contributed by atoms with Crippen LogP contribution in [0.25, 0.3) is 0 Å². The highest BCUT2D eigenvalue weighted by molar-refractivity contribution is 6.68. The predicted octanol–water partition coefficient (Wildman–Crippen LogP) is 4.52. The molecule has 0 unspecified atom stereocenters. The maximum Gasteiger partial charge on any atom is 0.252 e. The van der Waals surface area contributed by atoms with E-state index in [1.807, 2.05) is 0 Å². The maximum absolute atomic E-state index is 10.6. The summed E-state index contributed by atoms with van der Waals surface area (Å²) in [7, 11) is 0. The monoisotopic (exact) mass is 384 g/mol. The van der Waals surface area contributed by atoms with Crippen LogP contribution in [0.15, 0.2) is 24.3 Å². The van der Waals surface area contributed by atoms with Gasteiger partial charge in [0.25, 0.3) is 10.5 Å². The van der Waals surface area contributed by atoms with Gasteiger partial charge in [0, 0.05) is 24.0 Å². The molecule has 4 nitrogen and oxygen atoms in total. The molecular formula is C14H12Cl4O4. The number of rotatable bonds is 7. The van der Waals surface area contributed by atoms with Crippen LogP contribution < -0.4 is 0 Å². The quantitative estimate of drug-likeness (QED) is 0.511. The van der Waals surface area contributed by atoms with Gasteiger partial charge in [0.15, 0.2) is 0 Å². The van der Waals surface area contributed by atoms with Crippen molar-refractivity contribution in [3.63, 3.8) is 0 Å². The van der Waals surface area contributed by atoms with Gasteiger partial charge in [-0.05, 0) is 83.5 Å². The zero-order valence-corrected chi connectivity index (χ0v) is 14.3. The number of unbranched alkanes of at least 4 members (excludes halogenated alkanes) is 1. The summed E-state index contributed by atoms with van der Waals surface area (Å²) in [6.45, 7) is 0. The van der Waals surface area contributed by atoms with Crippen LogP contribution in [0.2, 0.25) is 0 Å². The van der Waals surface area contributed by atoms with Crippen molar-refractivity contribution in [3.05, 3.63) is 35.4 Å². The minimum absolute atomic E-state index is 0.325. The van der Waals surface area contributed by atoms with Gasteiger partial charge in [0.05, 0.1) is 0 Å². The first-order chi connectivity index (χ1) is 10.2. The Morgan fingerprint density at radius 1 is 0.636 bits per heavy atom. The highest BCUT2D eigenvalue weighted by atomic mass is 35.5. The van der Waals surface area contributed by atoms with Gasteiger partial charge in [-0.2, -0.15) is 0 Å². The molecule has 1 aromatic carbocycles. The molecule has 1 rings (SSSR count). The standard InChI is InChI=1S/C8H4Cl2O2.C6H8Cl2O2/c9-7(11)5-1-2-6(4-3-5)8(10)12;7-5(9)3-1-2-4-6(8)10/h1-4H;1-4H2. The van der Waals surface area contributed by atoms with Crippen LogP contribution in [0.5, 0.6) is 0 Å². The van der Waals surface area contributed by atoms with Crippen molar-refractivity contribution >= 4 is 67.4 Å². The smallest absolute Gasteiger partial charge is 0.252 e. The summed E-state index contributed by atoms with van der Waals surface area (Å²) >= 11 is 20.4. The van der Waals surface area contributed by atoms with E-state index in [4.69, 9.17) is 46.4 Å². The van der Waals surface area contributed by atoms with E-state index in [2.05, 4.69) is 0 Å². The molecule has 22 heavy (non-hydrogen) atoms. The molecule has 0 aromatic heterocycles. The summed E-state index contributed by atoms with van der Waals surface area (Å²) < 4.78 is 0. The van der Waals surface area contributed by atoms with Gasteiger partial charge in [-0.15, -0.1) is 0 Å². The zero-order valence-electron chi connectivity index (χ0n) is 11.3. The molecule has 0 saturated carbocycles. The van der Waals surface area contributed by atoms with E-state index in [1.54, 1.807) is 0 Å². The fourth-order valence-electron chi connectivity index (χ4n) is 1.26. The van der Waals surface area contributed by atoms with Crippen LogP contribution in [0.4, 0.5) is 0 Å². The predicted molar refractivity (Wildman–Crippen MR) is 87.0 cm³/mol. The lowest BCUT2D eigenvalue weighted by molar-refractivity contribution is -0.113. The largest absolute Gasteiger partial charge is 0.281 e. The van der Waals surface area contributed by atoms with E-state index >= 15 is 0 Å². The molecule has 0 heterocycles. The average Bonchev–Trinajstić information content (AvgIpc) is 2.44. The Bertz CT molecular complexity index is 491. The van der Waals surface area contributed by atoms with Crippen molar-refractivity contribution in [2.75, 3.05) is 0 Å². The van der Waals surface area contributed by atoms with Gasteiger partial charge < -0.3 is 0 Å². The molecular weight excluding hydrogens is 374 g/mol. The number of hydrogen-bond acceptors (Lipinski definition) is 4. The number of hydrogen-bond donors (Lipinski definition) is 0. The van der Waals surface area contributed by atoms with E-state index < -0.39 is 10.5 Å². The second-order valence-corrected chi connectivity index (χ2v) is 5.57. The average molecular weight is 386 g/mol. The topological polar surface area (TPSA) is 68.3 Å². The van der Waals surface area contributed by atoms with E-state index in [-0.39, 0.29) is 10.5 Å². The van der Waals surface area contributed by atoms with Gasteiger partial charge in [-0.3, -0.25) is 19.2 Å². The first-order valence-corrected chi connectivity index (χ1v) is 7.61. The first-order valence-electron chi connectivity index (χ1n) is 6.10. The van der Waals surface area contributed by atoms with Crippen LogP contribution in [0, 0.1) is 0 Å². The third-order valence-electron chi connectivity index (χ3n) is 2.34. The van der Waals surface area contributed by atoms with Crippen LogP contribution in [-0.4, -0.2) is 21.0 Å². The van der Waals surface area contributed by atoms with E-state index in [9.17, 15) is 19.2 Å². The Hall–Kier alpha value is -0.940. The lowest BCUT2D eigenvalue weighted by Gasteiger charge is -1.94. The molecule has 0 atom stereocenters. The molecule has 0 fully saturated rings. The van der Waals surface area contributed by atoms with E-state index in [1.165, 1.54) is 24.3 Å². The molecule has 8 heteroatoms. The van der Waals surface area contributed by atoms with Crippen molar-refractivity contribution in [3.8, 4) is 0 Å². The number of carbonyl (C=O) groups excluding carboxylic acids is 4. The zero-order chi connectivity index (χ0) is 17.1. The second kappa shape index (κ2) is 11.6. The molecule has 1 aromatic rings. The molecule has 0 aliphatic rings. The van der Waals surface area contributed by atoms with Gasteiger partial charge in [0.2, 0.25) is 10.5 Å². The normalized spacial score (nSPS) is 9.45. The molecule has 0 aliphatic carbocycles. The number of carbonyl (C=O) groups is 4. The lowest BCUT2D eigenvalue weighted by Crippen LogP contribution is -1.92. The van der Waals surface area contributed by atoms with E-state index in [0.717, 1.165) is 0 Å². The minimum atomic E-state index is -0.552. The van der Waals surface area contributed by atoms with Crippen molar-refractivity contribution < 1.29 is 19.2 Å². The SMILES string of the molecule is O=C(Cl)CCCCC(=O)Cl.O=C(Cl)c1ccc(C(=O)Cl)cc1. The third kappa shape index (κ3) is 10.7. The van der Waals surface area contributed by atoms with Crippen molar-refractivity contribution in [1.29, 1.82) is 0 Å². The van der Waals surface area contributed by atoms with Gasteiger partial charge >= 0.3 is 0 Å². The fraction of sp³-hybridized carbons (Fsp3) is 0.286. The first kappa shape index (κ1) is 21.1. The Morgan fingerprint density at radius 2 is 0.909 bits per heavy atom. The van der Waals surface area contributed by atoms with Gasteiger partial charge in [0.1, 0.15) is 0 Å². The van der Waals surface area contributed by atoms with Crippen LogP contribution in [0.3, 0.4) is 0 Å². The van der Waals surface area contributed by atoms with E-state index in [0.29, 0.717) is 36.8 Å². The lowest BCUT2D eigenvalue weighted by atomic mass is 10.2. The summed E-state index contributed by atoms with van der Waals surface area (Å²) in [6, 6.07) is 5.80. The molecule has 120 valence electrons. The molecule has 0 radical (unpaired) electrons. The summed E-state index contributed by atoms with van der Waals surface area (Å²) in [5, 5.41) is -1.82. The Labute approximate surface area is 147 Å². The van der Waals surface area contributed by atoms with Gasteiger partial charge in [-0.1, -0.05) is 0 Å². The van der Waals surface area contributed by atoms with Crippen molar-refractivity contribution in [2.24, 2.45) is 0 Å². The maximum atomic E-state index is 10.6. The third-order valence-corrected chi connectivity index (χ3v) is 3.15. The second-order valence-electron chi connectivity index (χ2n) is 4.04. The van der Waals surface area contributed by atoms with Crippen molar-refractivity contribution in [1.82, 2.24) is 0 Å². The Kier molecular flexibility index (Phi) is 11.1.